The van der Waals surface area contributed by atoms with Gasteiger partial charge < -0.3 is 9.88 Å². The van der Waals surface area contributed by atoms with E-state index in [1.165, 1.54) is 29.3 Å². The lowest BCUT2D eigenvalue weighted by molar-refractivity contribution is -0.129. The van der Waals surface area contributed by atoms with E-state index in [-0.39, 0.29) is 11.3 Å². The fraction of sp³-hybridized carbons (Fsp3) is 0.448. The molecule has 0 radical (unpaired) electrons. The standard InChI is InChI=1S/C29H35N3OS/c1-19-6-10-21(11-7-19)25-26(22-12-8-20(2)9-13-22)31-27(30-25)34-16-24(33)32-18-29(5)15-23(32)14-28(3,4)17-29/h6-13,23H,14-18H2,1-5H3,(H,30,31). The van der Waals surface area contributed by atoms with E-state index < -0.39 is 0 Å². The van der Waals surface area contributed by atoms with Crippen molar-refractivity contribution in [2.75, 3.05) is 12.3 Å². The molecule has 1 N–H and O–H groups in total. The van der Waals surface area contributed by atoms with Crippen LogP contribution in [0.3, 0.4) is 0 Å². The molecule has 0 spiro atoms. The molecule has 3 aromatic rings. The summed E-state index contributed by atoms with van der Waals surface area (Å²) < 4.78 is 0. The van der Waals surface area contributed by atoms with Crippen LogP contribution in [0.25, 0.3) is 22.5 Å². The molecule has 5 heteroatoms. The van der Waals surface area contributed by atoms with E-state index in [9.17, 15) is 4.79 Å². The first-order valence-corrected chi connectivity index (χ1v) is 13.3. The van der Waals surface area contributed by atoms with Crippen LogP contribution in [-0.4, -0.2) is 39.1 Å². The van der Waals surface area contributed by atoms with Gasteiger partial charge in [-0.05, 0) is 43.9 Å². The highest BCUT2D eigenvalue weighted by Gasteiger charge is 2.50. The van der Waals surface area contributed by atoms with Gasteiger partial charge in [0.25, 0.3) is 0 Å². The molecule has 1 aliphatic heterocycles. The fourth-order valence-corrected chi connectivity index (χ4v) is 6.99. The van der Waals surface area contributed by atoms with Crippen molar-refractivity contribution >= 4 is 17.7 Å². The molecule has 2 bridgehead atoms. The molecule has 34 heavy (non-hydrogen) atoms. The second-order valence-electron chi connectivity index (χ2n) is 11.5. The topological polar surface area (TPSA) is 49.0 Å². The second-order valence-corrected chi connectivity index (χ2v) is 12.5. The maximum Gasteiger partial charge on any atom is 0.233 e. The number of aromatic nitrogens is 2. The number of rotatable bonds is 5. The molecule has 1 amide bonds. The molecule has 2 unspecified atom stereocenters. The van der Waals surface area contributed by atoms with Crippen LogP contribution in [0.4, 0.5) is 0 Å². The van der Waals surface area contributed by atoms with E-state index in [0.29, 0.717) is 17.2 Å². The van der Waals surface area contributed by atoms with Crippen LogP contribution < -0.4 is 0 Å². The Hall–Kier alpha value is -2.53. The summed E-state index contributed by atoms with van der Waals surface area (Å²) in [4.78, 5) is 23.9. The second kappa shape index (κ2) is 8.60. The average molecular weight is 474 g/mol. The van der Waals surface area contributed by atoms with Gasteiger partial charge in [0.15, 0.2) is 5.16 Å². The van der Waals surface area contributed by atoms with Crippen molar-refractivity contribution in [3.8, 4) is 22.5 Å². The molecular weight excluding hydrogens is 438 g/mol. The number of aryl methyl sites for hydroxylation is 2. The number of carbonyl (C=O) groups excluding carboxylic acids is 1. The Kier molecular flexibility index (Phi) is 5.87. The Morgan fingerprint density at radius 1 is 1.00 bits per heavy atom. The maximum absolute atomic E-state index is 13.3. The van der Waals surface area contributed by atoms with Crippen LogP contribution in [-0.2, 0) is 4.79 Å². The van der Waals surface area contributed by atoms with Gasteiger partial charge >= 0.3 is 0 Å². The first-order chi connectivity index (χ1) is 16.1. The summed E-state index contributed by atoms with van der Waals surface area (Å²) in [5.41, 5.74) is 7.16. The van der Waals surface area contributed by atoms with E-state index in [2.05, 4.69) is 93.0 Å². The number of hydrogen-bond acceptors (Lipinski definition) is 3. The lowest BCUT2D eigenvalue weighted by atomic mass is 9.65. The van der Waals surface area contributed by atoms with Gasteiger partial charge in [-0.3, -0.25) is 4.79 Å². The van der Waals surface area contributed by atoms with Crippen molar-refractivity contribution in [3.63, 3.8) is 0 Å². The number of nitrogens with one attached hydrogen (secondary N) is 1. The highest BCUT2D eigenvalue weighted by Crippen LogP contribution is 2.52. The maximum atomic E-state index is 13.3. The van der Waals surface area contributed by atoms with Crippen molar-refractivity contribution in [2.24, 2.45) is 10.8 Å². The molecule has 2 aliphatic rings. The number of amides is 1. The number of carbonyl (C=O) groups is 1. The lowest BCUT2D eigenvalue weighted by Gasteiger charge is -2.39. The fourth-order valence-electron chi connectivity index (χ4n) is 6.23. The SMILES string of the molecule is Cc1ccc(-c2nc(SCC(=O)N3CC4(C)CC3CC(C)(C)C4)[nH]c2-c2ccc(C)cc2)cc1. The zero-order valence-corrected chi connectivity index (χ0v) is 21.8. The monoisotopic (exact) mass is 473 g/mol. The van der Waals surface area contributed by atoms with E-state index in [4.69, 9.17) is 4.98 Å². The van der Waals surface area contributed by atoms with Gasteiger partial charge in [-0.1, -0.05) is 92.2 Å². The first kappa shape index (κ1) is 23.2. The Bertz CT molecular complexity index is 1130. The molecule has 178 valence electrons. The zero-order valence-electron chi connectivity index (χ0n) is 20.9. The Labute approximate surface area is 207 Å². The average Bonchev–Trinajstić information content (AvgIpc) is 3.30. The quantitative estimate of drug-likeness (QED) is 0.411. The molecule has 1 aliphatic carbocycles. The van der Waals surface area contributed by atoms with E-state index in [0.717, 1.165) is 47.1 Å². The largest absolute Gasteiger partial charge is 0.338 e. The first-order valence-electron chi connectivity index (χ1n) is 12.3. The predicted molar refractivity (Wildman–Crippen MR) is 141 cm³/mol. The number of benzene rings is 2. The van der Waals surface area contributed by atoms with Crippen LogP contribution in [0.1, 0.15) is 51.2 Å². The number of thioether (sulfide) groups is 1. The minimum atomic E-state index is 0.238. The number of aromatic amines is 1. The number of imidazole rings is 1. The summed E-state index contributed by atoms with van der Waals surface area (Å²) in [7, 11) is 0. The zero-order chi connectivity index (χ0) is 24.1. The van der Waals surface area contributed by atoms with Crippen molar-refractivity contribution in [2.45, 2.75) is 65.1 Å². The van der Waals surface area contributed by atoms with Crippen molar-refractivity contribution in [1.82, 2.24) is 14.9 Å². The van der Waals surface area contributed by atoms with Gasteiger partial charge in [0.1, 0.15) is 0 Å². The summed E-state index contributed by atoms with van der Waals surface area (Å²) in [6, 6.07) is 17.4. The molecule has 1 saturated carbocycles. The molecule has 1 saturated heterocycles. The van der Waals surface area contributed by atoms with Crippen LogP contribution in [0.5, 0.6) is 0 Å². The van der Waals surface area contributed by atoms with Crippen molar-refractivity contribution < 1.29 is 4.79 Å². The van der Waals surface area contributed by atoms with Gasteiger partial charge in [0.05, 0.1) is 17.1 Å². The molecule has 5 rings (SSSR count). The Morgan fingerprint density at radius 2 is 1.62 bits per heavy atom. The highest BCUT2D eigenvalue weighted by atomic mass is 32.2. The molecule has 2 fully saturated rings. The molecular formula is C29H35N3OS. The Morgan fingerprint density at radius 3 is 2.26 bits per heavy atom. The number of fused-ring (bicyclic) bond motifs is 2. The molecule has 2 aromatic carbocycles. The summed E-state index contributed by atoms with van der Waals surface area (Å²) in [6.07, 6.45) is 3.45. The molecule has 2 heterocycles. The van der Waals surface area contributed by atoms with Crippen molar-refractivity contribution in [1.29, 1.82) is 0 Å². The smallest absolute Gasteiger partial charge is 0.233 e. The normalized spacial score (nSPS) is 23.3. The third-order valence-corrected chi connectivity index (χ3v) is 8.27. The third kappa shape index (κ3) is 4.68. The Balaban J connectivity index is 1.37. The lowest BCUT2D eigenvalue weighted by Crippen LogP contribution is -2.38. The van der Waals surface area contributed by atoms with E-state index >= 15 is 0 Å². The van der Waals surface area contributed by atoms with Crippen LogP contribution >= 0.6 is 11.8 Å². The van der Waals surface area contributed by atoms with E-state index in [1.807, 2.05) is 0 Å². The van der Waals surface area contributed by atoms with Crippen LogP contribution in [0.2, 0.25) is 0 Å². The van der Waals surface area contributed by atoms with E-state index in [1.54, 1.807) is 0 Å². The number of H-pyrrole nitrogens is 1. The van der Waals surface area contributed by atoms with Gasteiger partial charge in [0.2, 0.25) is 5.91 Å². The third-order valence-electron chi connectivity index (χ3n) is 7.41. The summed E-state index contributed by atoms with van der Waals surface area (Å²) in [5.74, 6) is 0.655. The number of likely N-dealkylation sites (tertiary alicyclic amines) is 1. The van der Waals surface area contributed by atoms with Crippen molar-refractivity contribution in [3.05, 3.63) is 59.7 Å². The minimum Gasteiger partial charge on any atom is -0.338 e. The molecule has 2 atom stereocenters. The summed E-state index contributed by atoms with van der Waals surface area (Å²) in [5, 5.41) is 0.799. The summed E-state index contributed by atoms with van der Waals surface area (Å²) >= 11 is 1.52. The van der Waals surface area contributed by atoms with Crippen LogP contribution in [0.15, 0.2) is 53.7 Å². The van der Waals surface area contributed by atoms with Gasteiger partial charge in [-0.25, -0.2) is 4.98 Å². The van der Waals surface area contributed by atoms with Crippen LogP contribution in [0, 0.1) is 24.7 Å². The number of hydrogen-bond donors (Lipinski definition) is 1. The molecule has 4 nitrogen and oxygen atoms in total. The summed E-state index contributed by atoms with van der Waals surface area (Å²) in [6.45, 7) is 12.1. The molecule has 1 aromatic heterocycles. The van der Waals surface area contributed by atoms with Gasteiger partial charge in [-0.15, -0.1) is 0 Å². The predicted octanol–water partition coefficient (Wildman–Crippen LogP) is 6.88. The highest BCUT2D eigenvalue weighted by molar-refractivity contribution is 7.99. The number of nitrogens with zero attached hydrogens (tertiary/aromatic N) is 2. The minimum absolute atomic E-state index is 0.238. The van der Waals surface area contributed by atoms with Gasteiger partial charge in [0, 0.05) is 23.7 Å². The van der Waals surface area contributed by atoms with Gasteiger partial charge in [-0.2, -0.15) is 0 Å².